The van der Waals surface area contributed by atoms with Gasteiger partial charge in [-0.15, -0.1) is 0 Å². The molecule has 0 saturated carbocycles. The van der Waals surface area contributed by atoms with Crippen LogP contribution >= 0.6 is 0 Å². The maximum Gasteiger partial charge on any atom is 0.326 e. The average molecular weight is 446 g/mol. The van der Waals surface area contributed by atoms with Crippen molar-refractivity contribution in [1.29, 1.82) is 0 Å². The summed E-state index contributed by atoms with van der Waals surface area (Å²) < 4.78 is 5.33. The summed E-state index contributed by atoms with van der Waals surface area (Å²) in [6.07, 6.45) is 0. The van der Waals surface area contributed by atoms with Crippen molar-refractivity contribution in [3.8, 4) is 0 Å². The molecule has 1 N–H and O–H groups in total. The van der Waals surface area contributed by atoms with Crippen molar-refractivity contribution in [2.75, 3.05) is 32.8 Å². The molecule has 3 amide bonds. The second-order valence-corrected chi connectivity index (χ2v) is 8.62. The van der Waals surface area contributed by atoms with Gasteiger partial charge in [0, 0.05) is 32.2 Å². The number of piperazine rings is 1. The van der Waals surface area contributed by atoms with Gasteiger partial charge in [0.05, 0.1) is 18.9 Å². The molecule has 0 aliphatic carbocycles. The van der Waals surface area contributed by atoms with Crippen LogP contribution in [0.4, 0.5) is 4.79 Å². The van der Waals surface area contributed by atoms with Gasteiger partial charge in [0.2, 0.25) is 0 Å². The average Bonchev–Trinajstić information content (AvgIpc) is 3.37. The van der Waals surface area contributed by atoms with Crippen molar-refractivity contribution < 1.29 is 14.1 Å². The van der Waals surface area contributed by atoms with Gasteiger partial charge in [-0.05, 0) is 18.1 Å². The molecule has 8 heteroatoms. The highest BCUT2D eigenvalue weighted by Gasteiger charge is 2.53. The summed E-state index contributed by atoms with van der Waals surface area (Å²) in [6, 6.07) is 20.5. The highest BCUT2D eigenvalue weighted by atomic mass is 16.5. The fourth-order valence-electron chi connectivity index (χ4n) is 4.64. The third-order valence-electron chi connectivity index (χ3n) is 6.38. The molecular formula is C25H27N5O3. The van der Waals surface area contributed by atoms with Gasteiger partial charge >= 0.3 is 6.03 Å². The molecule has 0 spiro atoms. The molecule has 2 saturated heterocycles. The normalized spacial score (nSPS) is 19.1. The van der Waals surface area contributed by atoms with Crippen LogP contribution in [-0.2, 0) is 16.9 Å². The lowest BCUT2D eigenvalue weighted by atomic mass is 9.83. The second-order valence-electron chi connectivity index (χ2n) is 8.62. The fourth-order valence-corrected chi connectivity index (χ4v) is 4.64. The second kappa shape index (κ2) is 8.80. The zero-order valence-corrected chi connectivity index (χ0v) is 18.6. The van der Waals surface area contributed by atoms with E-state index in [1.807, 2.05) is 73.7 Å². The predicted octanol–water partition coefficient (Wildman–Crippen LogP) is 2.55. The highest BCUT2D eigenvalue weighted by molar-refractivity contribution is 6.09. The van der Waals surface area contributed by atoms with Gasteiger partial charge in [0.25, 0.3) is 5.91 Å². The van der Waals surface area contributed by atoms with E-state index in [9.17, 15) is 9.59 Å². The van der Waals surface area contributed by atoms with Crippen molar-refractivity contribution in [2.45, 2.75) is 19.0 Å². The van der Waals surface area contributed by atoms with Crippen LogP contribution in [0.15, 0.2) is 71.3 Å². The molecule has 2 aromatic carbocycles. The van der Waals surface area contributed by atoms with E-state index in [-0.39, 0.29) is 18.6 Å². The first-order valence-corrected chi connectivity index (χ1v) is 11.2. The first-order valence-electron chi connectivity index (χ1n) is 11.2. The molecule has 2 aliphatic heterocycles. The Hall–Kier alpha value is -3.49. The highest BCUT2D eigenvalue weighted by Crippen LogP contribution is 2.36. The van der Waals surface area contributed by atoms with Gasteiger partial charge in [0.15, 0.2) is 11.3 Å². The van der Waals surface area contributed by atoms with Gasteiger partial charge in [0.1, 0.15) is 0 Å². The molecule has 3 heterocycles. The molecule has 0 bridgehead atoms. The first-order chi connectivity index (χ1) is 16.1. The summed E-state index contributed by atoms with van der Waals surface area (Å²) in [7, 11) is 0. The number of imide groups is 1. The van der Waals surface area contributed by atoms with E-state index in [1.165, 1.54) is 4.90 Å². The van der Waals surface area contributed by atoms with Crippen LogP contribution < -0.4 is 5.32 Å². The number of nitrogens with one attached hydrogen (secondary N) is 1. The molecule has 3 aromatic rings. The molecule has 2 fully saturated rings. The van der Waals surface area contributed by atoms with Gasteiger partial charge in [-0.3, -0.25) is 14.6 Å². The van der Waals surface area contributed by atoms with Crippen molar-refractivity contribution in [3.05, 3.63) is 89.3 Å². The lowest BCUT2D eigenvalue weighted by Crippen LogP contribution is -2.51. The number of aromatic nitrogens is 1. The number of carbonyl (C=O) groups is 2. The molecule has 0 atom stereocenters. The molecule has 33 heavy (non-hydrogen) atoms. The van der Waals surface area contributed by atoms with Crippen molar-refractivity contribution in [2.24, 2.45) is 0 Å². The van der Waals surface area contributed by atoms with Crippen LogP contribution in [0.5, 0.6) is 0 Å². The number of benzene rings is 2. The van der Waals surface area contributed by atoms with E-state index in [0.29, 0.717) is 6.54 Å². The maximum absolute atomic E-state index is 13.8. The van der Waals surface area contributed by atoms with Crippen LogP contribution in [0.1, 0.15) is 22.6 Å². The molecule has 2 aliphatic rings. The summed E-state index contributed by atoms with van der Waals surface area (Å²) in [5, 5.41) is 6.96. The fraction of sp³-hybridized carbons (Fsp3) is 0.320. The van der Waals surface area contributed by atoms with Gasteiger partial charge in [-0.1, -0.05) is 65.8 Å². The summed E-state index contributed by atoms with van der Waals surface area (Å²) in [6.45, 7) is 6.05. The van der Waals surface area contributed by atoms with E-state index in [1.54, 1.807) is 0 Å². The quantitative estimate of drug-likeness (QED) is 0.588. The van der Waals surface area contributed by atoms with E-state index in [0.717, 1.165) is 48.8 Å². The standard InChI is InChI=1S/C25H27N5O3/c1-19-16-22(33-27-19)17-28-12-14-29(15-13-28)18-30-23(31)25(26-24(30)32,20-8-4-2-5-9-20)21-10-6-3-7-11-21/h2-11,16H,12-15,17-18H2,1H3,(H,26,32). The van der Waals surface area contributed by atoms with E-state index in [4.69, 9.17) is 4.52 Å². The van der Waals surface area contributed by atoms with E-state index < -0.39 is 5.54 Å². The lowest BCUT2D eigenvalue weighted by Gasteiger charge is -2.35. The van der Waals surface area contributed by atoms with Crippen molar-refractivity contribution in [1.82, 2.24) is 25.2 Å². The van der Waals surface area contributed by atoms with Crippen LogP contribution in [0.25, 0.3) is 0 Å². The minimum Gasteiger partial charge on any atom is -0.360 e. The number of carbonyl (C=O) groups excluding carboxylic acids is 2. The minimum absolute atomic E-state index is 0.246. The van der Waals surface area contributed by atoms with Gasteiger partial charge in [-0.2, -0.15) is 0 Å². The number of rotatable bonds is 6. The molecule has 0 unspecified atom stereocenters. The number of urea groups is 1. The Bertz CT molecular complexity index is 1080. The zero-order chi connectivity index (χ0) is 22.8. The summed E-state index contributed by atoms with van der Waals surface area (Å²) >= 11 is 0. The number of aryl methyl sites for hydroxylation is 1. The van der Waals surface area contributed by atoms with Gasteiger partial charge in [-0.25, -0.2) is 9.69 Å². The number of amides is 3. The largest absolute Gasteiger partial charge is 0.360 e. The SMILES string of the molecule is Cc1cc(CN2CCN(CN3C(=O)NC(c4ccccc4)(c4ccccc4)C3=O)CC2)on1. The Labute approximate surface area is 192 Å². The maximum atomic E-state index is 13.8. The Kier molecular flexibility index (Phi) is 5.70. The molecule has 1 aromatic heterocycles. The molecule has 5 rings (SSSR count). The predicted molar refractivity (Wildman–Crippen MR) is 122 cm³/mol. The summed E-state index contributed by atoms with van der Waals surface area (Å²) in [5.74, 6) is 0.606. The summed E-state index contributed by atoms with van der Waals surface area (Å²) in [5.41, 5.74) is 1.17. The number of hydrogen-bond donors (Lipinski definition) is 1. The van der Waals surface area contributed by atoms with Crippen LogP contribution in [0.2, 0.25) is 0 Å². The van der Waals surface area contributed by atoms with Crippen LogP contribution in [-0.4, -0.2) is 64.6 Å². The Morgan fingerprint density at radius 1 is 0.909 bits per heavy atom. The van der Waals surface area contributed by atoms with Gasteiger partial charge < -0.3 is 9.84 Å². The smallest absolute Gasteiger partial charge is 0.326 e. The third-order valence-corrected chi connectivity index (χ3v) is 6.38. The first kappa shape index (κ1) is 21.4. The van der Waals surface area contributed by atoms with Crippen molar-refractivity contribution >= 4 is 11.9 Å². The van der Waals surface area contributed by atoms with E-state index >= 15 is 0 Å². The lowest BCUT2D eigenvalue weighted by molar-refractivity contribution is -0.132. The molecular weight excluding hydrogens is 418 g/mol. The molecule has 8 nitrogen and oxygen atoms in total. The topological polar surface area (TPSA) is 81.9 Å². The monoisotopic (exact) mass is 445 g/mol. The number of nitrogens with zero attached hydrogens (tertiary/aromatic N) is 4. The summed E-state index contributed by atoms with van der Waals surface area (Å²) in [4.78, 5) is 32.7. The third kappa shape index (κ3) is 4.03. The van der Waals surface area contributed by atoms with Crippen LogP contribution in [0.3, 0.4) is 0 Å². The van der Waals surface area contributed by atoms with E-state index in [2.05, 4.69) is 20.3 Å². The zero-order valence-electron chi connectivity index (χ0n) is 18.6. The molecule has 170 valence electrons. The Morgan fingerprint density at radius 3 is 2.03 bits per heavy atom. The Balaban J connectivity index is 1.31. The molecule has 0 radical (unpaired) electrons. The minimum atomic E-state index is -1.22. The Morgan fingerprint density at radius 2 is 1.48 bits per heavy atom. The number of hydrogen-bond acceptors (Lipinski definition) is 6. The van der Waals surface area contributed by atoms with Crippen molar-refractivity contribution in [3.63, 3.8) is 0 Å². The van der Waals surface area contributed by atoms with Crippen LogP contribution in [0, 0.1) is 6.92 Å².